The van der Waals surface area contributed by atoms with Gasteiger partial charge in [0.2, 0.25) is 0 Å². The van der Waals surface area contributed by atoms with Crippen LogP contribution in [0.5, 0.6) is 11.5 Å². The molecule has 0 radical (unpaired) electrons. The summed E-state index contributed by atoms with van der Waals surface area (Å²) >= 11 is 0. The first-order valence-electron chi connectivity index (χ1n) is 6.37. The van der Waals surface area contributed by atoms with Crippen molar-refractivity contribution in [3.8, 4) is 11.5 Å². The maximum absolute atomic E-state index is 12.4. The van der Waals surface area contributed by atoms with Crippen molar-refractivity contribution in [1.29, 1.82) is 0 Å². The van der Waals surface area contributed by atoms with E-state index in [2.05, 4.69) is 0 Å². The first-order valence-corrected chi connectivity index (χ1v) is 6.37. The number of nitrogen functional groups attached to an aromatic ring is 1. The molecular weight excluding hydrogens is 254 g/mol. The second kappa shape index (κ2) is 6.10. The summed E-state index contributed by atoms with van der Waals surface area (Å²) in [4.78, 5) is 12.4. The minimum absolute atomic E-state index is 0.135. The van der Waals surface area contributed by atoms with Crippen LogP contribution in [0.2, 0.25) is 0 Å². The third-order valence-corrected chi connectivity index (χ3v) is 2.92. The number of ether oxygens (including phenoxy) is 2. The van der Waals surface area contributed by atoms with Gasteiger partial charge in [-0.05, 0) is 13.0 Å². The molecule has 0 aromatic heterocycles. The monoisotopic (exact) mass is 271 g/mol. The Kier molecular flexibility index (Phi) is 4.25. The molecule has 0 unspecified atom stereocenters. The average molecular weight is 271 g/mol. The summed E-state index contributed by atoms with van der Waals surface area (Å²) in [5.74, 6) is 0.905. The van der Waals surface area contributed by atoms with Crippen molar-refractivity contribution in [2.75, 3.05) is 19.5 Å². The first kappa shape index (κ1) is 13.9. The third kappa shape index (κ3) is 2.74. The number of hydrogen-bond donors (Lipinski definition) is 1. The van der Waals surface area contributed by atoms with Crippen LogP contribution in [-0.2, 0) is 0 Å². The number of nitrogens with two attached hydrogens (primary N) is 1. The molecule has 20 heavy (non-hydrogen) atoms. The van der Waals surface area contributed by atoms with Crippen LogP contribution in [0.25, 0.3) is 0 Å². The number of carbonyl (C=O) groups excluding carboxylic acids is 1. The fraction of sp³-hybridized carbons (Fsp3) is 0.188. The van der Waals surface area contributed by atoms with Crippen LogP contribution in [0.15, 0.2) is 42.5 Å². The third-order valence-electron chi connectivity index (χ3n) is 2.92. The van der Waals surface area contributed by atoms with Crippen LogP contribution in [0.1, 0.15) is 22.8 Å². The Hall–Kier alpha value is -2.49. The predicted molar refractivity (Wildman–Crippen MR) is 78.4 cm³/mol. The van der Waals surface area contributed by atoms with E-state index in [4.69, 9.17) is 15.2 Å². The van der Waals surface area contributed by atoms with Gasteiger partial charge in [-0.2, -0.15) is 0 Å². The molecule has 104 valence electrons. The summed E-state index contributed by atoms with van der Waals surface area (Å²) < 4.78 is 10.7. The number of hydrogen-bond acceptors (Lipinski definition) is 4. The van der Waals surface area contributed by atoms with Gasteiger partial charge >= 0.3 is 0 Å². The van der Waals surface area contributed by atoms with E-state index in [0.717, 1.165) is 0 Å². The molecule has 2 aromatic carbocycles. The number of carbonyl (C=O) groups is 1. The second-order valence-corrected chi connectivity index (χ2v) is 4.22. The summed E-state index contributed by atoms with van der Waals surface area (Å²) in [6.45, 7) is 2.38. The van der Waals surface area contributed by atoms with Crippen LogP contribution < -0.4 is 15.2 Å². The van der Waals surface area contributed by atoms with Gasteiger partial charge in [0, 0.05) is 22.9 Å². The van der Waals surface area contributed by atoms with E-state index < -0.39 is 0 Å². The Balaban J connectivity index is 2.44. The van der Waals surface area contributed by atoms with Crippen LogP contribution in [0, 0.1) is 0 Å². The predicted octanol–water partition coefficient (Wildman–Crippen LogP) is 2.91. The Morgan fingerprint density at radius 2 is 1.85 bits per heavy atom. The van der Waals surface area contributed by atoms with E-state index in [-0.39, 0.29) is 5.78 Å². The second-order valence-electron chi connectivity index (χ2n) is 4.22. The van der Waals surface area contributed by atoms with Crippen LogP contribution in [-0.4, -0.2) is 19.5 Å². The van der Waals surface area contributed by atoms with Gasteiger partial charge in [0.05, 0.1) is 13.7 Å². The van der Waals surface area contributed by atoms with E-state index in [1.165, 1.54) is 7.11 Å². The smallest absolute Gasteiger partial charge is 0.195 e. The Morgan fingerprint density at radius 3 is 2.45 bits per heavy atom. The molecule has 0 amide bonds. The maximum atomic E-state index is 12.4. The summed E-state index contributed by atoms with van der Waals surface area (Å²) in [7, 11) is 1.53. The van der Waals surface area contributed by atoms with E-state index >= 15 is 0 Å². The van der Waals surface area contributed by atoms with E-state index in [9.17, 15) is 4.79 Å². The van der Waals surface area contributed by atoms with Gasteiger partial charge in [-0.15, -0.1) is 0 Å². The summed E-state index contributed by atoms with van der Waals surface area (Å²) in [6.07, 6.45) is 0. The Bertz CT molecular complexity index is 609. The van der Waals surface area contributed by atoms with E-state index in [1.54, 1.807) is 24.3 Å². The molecule has 0 aliphatic rings. The van der Waals surface area contributed by atoms with Crippen molar-refractivity contribution >= 4 is 11.5 Å². The van der Waals surface area contributed by atoms with Gasteiger partial charge in [0.25, 0.3) is 0 Å². The zero-order valence-electron chi connectivity index (χ0n) is 11.6. The highest BCUT2D eigenvalue weighted by atomic mass is 16.5. The minimum Gasteiger partial charge on any atom is -0.493 e. The zero-order valence-corrected chi connectivity index (χ0v) is 11.6. The minimum atomic E-state index is -0.135. The molecule has 0 aliphatic heterocycles. The molecule has 2 aromatic rings. The molecule has 4 heteroatoms. The molecule has 0 bridgehead atoms. The molecular formula is C16H17NO3. The lowest BCUT2D eigenvalue weighted by atomic mass is 10.0. The fourth-order valence-corrected chi connectivity index (χ4v) is 1.95. The lowest BCUT2D eigenvalue weighted by molar-refractivity contribution is 0.103. The van der Waals surface area contributed by atoms with Crippen molar-refractivity contribution in [3.05, 3.63) is 53.6 Å². The first-order chi connectivity index (χ1) is 9.67. The number of anilines is 1. The van der Waals surface area contributed by atoms with Crippen molar-refractivity contribution < 1.29 is 14.3 Å². The van der Waals surface area contributed by atoms with E-state index in [0.29, 0.717) is 34.9 Å². The Morgan fingerprint density at radius 1 is 1.15 bits per heavy atom. The van der Waals surface area contributed by atoms with Crippen LogP contribution in [0.3, 0.4) is 0 Å². The van der Waals surface area contributed by atoms with E-state index in [1.807, 2.05) is 25.1 Å². The highest BCUT2D eigenvalue weighted by Gasteiger charge is 2.16. The highest BCUT2D eigenvalue weighted by molar-refractivity contribution is 6.12. The summed E-state index contributed by atoms with van der Waals surface area (Å²) in [5.41, 5.74) is 7.34. The molecule has 2 rings (SSSR count). The molecule has 0 aliphatic carbocycles. The maximum Gasteiger partial charge on any atom is 0.195 e. The van der Waals surface area contributed by atoms with Crippen LogP contribution in [0.4, 0.5) is 5.69 Å². The standard InChI is InChI=1S/C16H17NO3/c1-3-20-15-10-13(17)12(9-14(15)19-2)16(18)11-7-5-4-6-8-11/h4-10H,3,17H2,1-2H3. The number of ketones is 1. The normalized spacial score (nSPS) is 10.1. The molecule has 0 spiro atoms. The van der Waals surface area contributed by atoms with Crippen molar-refractivity contribution in [3.63, 3.8) is 0 Å². The van der Waals surface area contributed by atoms with Gasteiger partial charge in [0.1, 0.15) is 0 Å². The molecule has 4 nitrogen and oxygen atoms in total. The quantitative estimate of drug-likeness (QED) is 0.671. The topological polar surface area (TPSA) is 61.5 Å². The zero-order chi connectivity index (χ0) is 14.5. The number of methoxy groups -OCH3 is 1. The van der Waals surface area contributed by atoms with Crippen molar-refractivity contribution in [1.82, 2.24) is 0 Å². The molecule has 0 saturated heterocycles. The lowest BCUT2D eigenvalue weighted by Gasteiger charge is -2.13. The summed E-state index contributed by atoms with van der Waals surface area (Å²) in [6, 6.07) is 12.2. The summed E-state index contributed by atoms with van der Waals surface area (Å²) in [5, 5.41) is 0. The highest BCUT2D eigenvalue weighted by Crippen LogP contribution is 2.33. The van der Waals surface area contributed by atoms with Crippen LogP contribution >= 0.6 is 0 Å². The van der Waals surface area contributed by atoms with Gasteiger partial charge < -0.3 is 15.2 Å². The molecule has 0 heterocycles. The van der Waals surface area contributed by atoms with Gasteiger partial charge in [-0.25, -0.2) is 0 Å². The van der Waals surface area contributed by atoms with Gasteiger partial charge in [0.15, 0.2) is 17.3 Å². The largest absolute Gasteiger partial charge is 0.493 e. The fourth-order valence-electron chi connectivity index (χ4n) is 1.95. The number of rotatable bonds is 5. The molecule has 0 atom stereocenters. The number of benzene rings is 2. The Labute approximate surface area is 118 Å². The molecule has 0 saturated carbocycles. The molecule has 2 N–H and O–H groups in total. The van der Waals surface area contributed by atoms with Crippen molar-refractivity contribution in [2.24, 2.45) is 0 Å². The van der Waals surface area contributed by atoms with Crippen molar-refractivity contribution in [2.45, 2.75) is 6.92 Å². The molecule has 0 fully saturated rings. The SMILES string of the molecule is CCOc1cc(N)c(C(=O)c2ccccc2)cc1OC. The van der Waals surface area contributed by atoms with Gasteiger partial charge in [-0.1, -0.05) is 30.3 Å². The van der Waals surface area contributed by atoms with Gasteiger partial charge in [-0.3, -0.25) is 4.79 Å². The lowest BCUT2D eigenvalue weighted by Crippen LogP contribution is -2.07. The average Bonchev–Trinajstić information content (AvgIpc) is 2.48.